The van der Waals surface area contributed by atoms with Crippen molar-refractivity contribution in [3.05, 3.63) is 24.6 Å². The summed E-state index contributed by atoms with van der Waals surface area (Å²) >= 11 is 0. The summed E-state index contributed by atoms with van der Waals surface area (Å²) in [5.41, 5.74) is 2.94. The molecule has 0 aliphatic carbocycles. The third kappa shape index (κ3) is 1.57. The monoisotopic (exact) mass is 204 g/mol. The highest BCUT2D eigenvalue weighted by molar-refractivity contribution is 5.77. The number of hydrogen-bond acceptors (Lipinski definition) is 4. The van der Waals surface area contributed by atoms with Crippen molar-refractivity contribution < 1.29 is 9.15 Å². The number of aromatic nitrogens is 1. The smallest absolute Gasteiger partial charge is 0.181 e. The number of rotatable bonds is 1. The average molecular weight is 204 g/mol. The third-order valence-corrected chi connectivity index (χ3v) is 2.69. The van der Waals surface area contributed by atoms with E-state index in [9.17, 15) is 0 Å². The van der Waals surface area contributed by atoms with Crippen LogP contribution in [0.5, 0.6) is 0 Å². The zero-order valence-corrected chi connectivity index (χ0v) is 8.35. The molecule has 0 radical (unpaired) electrons. The Labute approximate surface area is 87.5 Å². The number of ether oxygens (including phenoxy) is 1. The van der Waals surface area contributed by atoms with Gasteiger partial charge in [-0.3, -0.25) is 0 Å². The summed E-state index contributed by atoms with van der Waals surface area (Å²) in [6.07, 6.45) is 1.48. The first-order valence-corrected chi connectivity index (χ1v) is 5.09. The summed E-state index contributed by atoms with van der Waals surface area (Å²) < 4.78 is 10.6. The SMILES string of the molecule is c1nc2ccc(N3CCOCC3)cc2o1. The Bertz CT molecular complexity index is 460. The van der Waals surface area contributed by atoms with Gasteiger partial charge in [0.15, 0.2) is 12.0 Å². The molecule has 15 heavy (non-hydrogen) atoms. The molecule has 78 valence electrons. The van der Waals surface area contributed by atoms with E-state index in [-0.39, 0.29) is 0 Å². The molecule has 0 bridgehead atoms. The summed E-state index contributed by atoms with van der Waals surface area (Å²) in [5.74, 6) is 0. The van der Waals surface area contributed by atoms with Crippen LogP contribution in [0.25, 0.3) is 11.1 Å². The number of nitrogens with zero attached hydrogens (tertiary/aromatic N) is 2. The molecule has 0 spiro atoms. The summed E-state index contributed by atoms with van der Waals surface area (Å²) in [7, 11) is 0. The lowest BCUT2D eigenvalue weighted by Crippen LogP contribution is -2.36. The standard InChI is InChI=1S/C11H12N2O2/c1-2-10-11(15-8-12-10)7-9(1)13-3-5-14-6-4-13/h1-2,7-8H,3-6H2. The highest BCUT2D eigenvalue weighted by atomic mass is 16.5. The summed E-state index contributed by atoms with van der Waals surface area (Å²) in [6, 6.07) is 6.10. The minimum Gasteiger partial charge on any atom is -0.443 e. The fraction of sp³-hybridized carbons (Fsp3) is 0.364. The normalized spacial score (nSPS) is 17.2. The number of hydrogen-bond donors (Lipinski definition) is 0. The highest BCUT2D eigenvalue weighted by Gasteiger charge is 2.12. The largest absolute Gasteiger partial charge is 0.443 e. The van der Waals surface area contributed by atoms with E-state index in [4.69, 9.17) is 9.15 Å². The van der Waals surface area contributed by atoms with Crippen molar-refractivity contribution in [2.45, 2.75) is 0 Å². The molecule has 1 aromatic heterocycles. The van der Waals surface area contributed by atoms with Gasteiger partial charge in [-0.2, -0.15) is 0 Å². The van der Waals surface area contributed by atoms with Crippen LogP contribution in [0.15, 0.2) is 29.0 Å². The zero-order chi connectivity index (χ0) is 10.1. The van der Waals surface area contributed by atoms with Crippen molar-refractivity contribution in [3.63, 3.8) is 0 Å². The molecule has 4 heteroatoms. The van der Waals surface area contributed by atoms with Crippen LogP contribution in [-0.2, 0) is 4.74 Å². The number of anilines is 1. The van der Waals surface area contributed by atoms with Crippen LogP contribution in [0.2, 0.25) is 0 Å². The van der Waals surface area contributed by atoms with Crippen molar-refractivity contribution in [2.24, 2.45) is 0 Å². The molecule has 1 aliphatic rings. The first-order chi connectivity index (χ1) is 7.43. The lowest BCUT2D eigenvalue weighted by atomic mass is 10.2. The van der Waals surface area contributed by atoms with Gasteiger partial charge in [0.25, 0.3) is 0 Å². The van der Waals surface area contributed by atoms with E-state index in [0.717, 1.165) is 37.4 Å². The van der Waals surface area contributed by atoms with Gasteiger partial charge < -0.3 is 14.1 Å². The molecule has 0 amide bonds. The van der Waals surface area contributed by atoms with E-state index < -0.39 is 0 Å². The maximum atomic E-state index is 5.32. The maximum Gasteiger partial charge on any atom is 0.181 e. The van der Waals surface area contributed by atoms with E-state index in [0.29, 0.717) is 0 Å². The number of benzene rings is 1. The van der Waals surface area contributed by atoms with Gasteiger partial charge in [-0.15, -0.1) is 0 Å². The fourth-order valence-electron chi connectivity index (χ4n) is 1.86. The third-order valence-electron chi connectivity index (χ3n) is 2.69. The Morgan fingerprint density at radius 2 is 2.07 bits per heavy atom. The maximum absolute atomic E-state index is 5.32. The van der Waals surface area contributed by atoms with Crippen molar-refractivity contribution >= 4 is 16.8 Å². The number of fused-ring (bicyclic) bond motifs is 1. The molecular formula is C11H12N2O2. The van der Waals surface area contributed by atoms with Gasteiger partial charge in [0.1, 0.15) is 5.52 Å². The summed E-state index contributed by atoms with van der Waals surface area (Å²) in [4.78, 5) is 6.39. The molecule has 2 aromatic rings. The van der Waals surface area contributed by atoms with E-state index in [1.807, 2.05) is 12.1 Å². The predicted molar refractivity (Wildman–Crippen MR) is 57.0 cm³/mol. The second kappa shape index (κ2) is 3.55. The summed E-state index contributed by atoms with van der Waals surface area (Å²) in [5, 5.41) is 0. The van der Waals surface area contributed by atoms with E-state index in [1.165, 1.54) is 12.1 Å². The Balaban J connectivity index is 1.95. The molecule has 1 fully saturated rings. The molecule has 1 aromatic carbocycles. The Morgan fingerprint density at radius 1 is 1.20 bits per heavy atom. The van der Waals surface area contributed by atoms with E-state index in [2.05, 4.69) is 16.0 Å². The van der Waals surface area contributed by atoms with Crippen LogP contribution in [0, 0.1) is 0 Å². The van der Waals surface area contributed by atoms with Crippen LogP contribution in [0.3, 0.4) is 0 Å². The molecule has 4 nitrogen and oxygen atoms in total. The Hall–Kier alpha value is -1.55. The lowest BCUT2D eigenvalue weighted by Gasteiger charge is -2.28. The van der Waals surface area contributed by atoms with Gasteiger partial charge in [0.05, 0.1) is 13.2 Å². The Morgan fingerprint density at radius 3 is 2.93 bits per heavy atom. The lowest BCUT2D eigenvalue weighted by molar-refractivity contribution is 0.122. The minimum atomic E-state index is 0.800. The zero-order valence-electron chi connectivity index (χ0n) is 8.35. The molecule has 3 rings (SSSR count). The fourth-order valence-corrected chi connectivity index (χ4v) is 1.86. The van der Waals surface area contributed by atoms with Gasteiger partial charge >= 0.3 is 0 Å². The van der Waals surface area contributed by atoms with Crippen LogP contribution in [0.1, 0.15) is 0 Å². The Kier molecular flexibility index (Phi) is 2.07. The van der Waals surface area contributed by atoms with Crippen LogP contribution in [-0.4, -0.2) is 31.3 Å². The molecule has 1 saturated heterocycles. The topological polar surface area (TPSA) is 38.5 Å². The van der Waals surface area contributed by atoms with Gasteiger partial charge in [-0.1, -0.05) is 0 Å². The molecule has 0 N–H and O–H groups in total. The van der Waals surface area contributed by atoms with Crippen molar-refractivity contribution in [2.75, 3.05) is 31.2 Å². The highest BCUT2D eigenvalue weighted by Crippen LogP contribution is 2.21. The molecule has 2 heterocycles. The second-order valence-corrected chi connectivity index (χ2v) is 3.60. The minimum absolute atomic E-state index is 0.800. The second-order valence-electron chi connectivity index (χ2n) is 3.60. The van der Waals surface area contributed by atoms with Gasteiger partial charge in [0.2, 0.25) is 0 Å². The van der Waals surface area contributed by atoms with Crippen molar-refractivity contribution in [3.8, 4) is 0 Å². The van der Waals surface area contributed by atoms with Gasteiger partial charge in [-0.05, 0) is 12.1 Å². The van der Waals surface area contributed by atoms with E-state index in [1.54, 1.807) is 0 Å². The van der Waals surface area contributed by atoms with Crippen molar-refractivity contribution in [1.82, 2.24) is 4.98 Å². The first-order valence-electron chi connectivity index (χ1n) is 5.09. The predicted octanol–water partition coefficient (Wildman–Crippen LogP) is 1.66. The van der Waals surface area contributed by atoms with Gasteiger partial charge in [0, 0.05) is 24.8 Å². The summed E-state index contributed by atoms with van der Waals surface area (Å²) in [6.45, 7) is 3.49. The quantitative estimate of drug-likeness (QED) is 0.708. The van der Waals surface area contributed by atoms with Crippen LogP contribution >= 0.6 is 0 Å². The molecule has 1 aliphatic heterocycles. The number of oxazole rings is 1. The van der Waals surface area contributed by atoms with Gasteiger partial charge in [-0.25, -0.2) is 4.98 Å². The molecule has 0 saturated carbocycles. The van der Waals surface area contributed by atoms with E-state index >= 15 is 0 Å². The van der Waals surface area contributed by atoms with Crippen LogP contribution < -0.4 is 4.90 Å². The average Bonchev–Trinajstić information content (AvgIpc) is 2.77. The molecule has 0 unspecified atom stereocenters. The van der Waals surface area contributed by atoms with Crippen LogP contribution in [0.4, 0.5) is 5.69 Å². The first kappa shape index (κ1) is 8.73. The molecule has 0 atom stereocenters. The van der Waals surface area contributed by atoms with Crippen molar-refractivity contribution in [1.29, 1.82) is 0 Å². The molecular weight excluding hydrogens is 192 g/mol. The number of morpholine rings is 1.